The zero-order valence-corrected chi connectivity index (χ0v) is 19.9. The van der Waals surface area contributed by atoms with Gasteiger partial charge in [-0.15, -0.1) is 13.2 Å². The molecule has 0 aliphatic carbocycles. The number of carbonyl (C=O) groups excluding carboxylic acids is 1. The molecule has 3 atom stereocenters. The Balaban J connectivity index is 1.73. The van der Waals surface area contributed by atoms with Crippen LogP contribution in [-0.4, -0.2) is 73.0 Å². The van der Waals surface area contributed by atoms with Crippen molar-refractivity contribution in [3.8, 4) is 17.2 Å². The highest BCUT2D eigenvalue weighted by Gasteiger charge is 2.48. The van der Waals surface area contributed by atoms with E-state index in [1.165, 1.54) is 36.4 Å². The van der Waals surface area contributed by atoms with E-state index in [1.807, 2.05) is 0 Å². The molecule has 10 nitrogen and oxygen atoms in total. The van der Waals surface area contributed by atoms with Crippen molar-refractivity contribution in [1.82, 2.24) is 5.06 Å². The summed E-state index contributed by atoms with van der Waals surface area (Å²) >= 11 is 0. The molecule has 0 aromatic heterocycles. The van der Waals surface area contributed by atoms with Crippen molar-refractivity contribution in [2.45, 2.75) is 49.1 Å². The monoisotopic (exact) mass is 535 g/mol. The molecular weight excluding hydrogens is 511 g/mol. The Morgan fingerprint density at radius 2 is 1.58 bits per heavy atom. The van der Waals surface area contributed by atoms with E-state index in [0.29, 0.717) is 0 Å². The van der Waals surface area contributed by atoms with Crippen LogP contribution in [0.2, 0.25) is 0 Å². The van der Waals surface area contributed by atoms with Crippen LogP contribution in [0.1, 0.15) is 13.8 Å². The molecule has 2 aromatic carbocycles. The summed E-state index contributed by atoms with van der Waals surface area (Å²) in [6.07, 6.45) is -6.92. The number of aliphatic hydroxyl groups is 1. The molecule has 1 heterocycles. The Hall–Kier alpha value is -2.91. The quantitative estimate of drug-likeness (QED) is 0.268. The summed E-state index contributed by atoms with van der Waals surface area (Å²) < 4.78 is 83.3. The van der Waals surface area contributed by atoms with Gasteiger partial charge >= 0.3 is 6.36 Å². The molecule has 1 saturated heterocycles. The number of ether oxygens (including phenoxy) is 4. The fraction of sp³-hybridized carbons (Fsp3) is 0.409. The van der Waals surface area contributed by atoms with Crippen molar-refractivity contribution in [2.24, 2.45) is 0 Å². The molecular formula is C22H24F3NO9S. The van der Waals surface area contributed by atoms with E-state index >= 15 is 0 Å². The predicted octanol–water partition coefficient (Wildman–Crippen LogP) is 2.88. The average molecular weight is 535 g/mol. The summed E-state index contributed by atoms with van der Waals surface area (Å²) in [5.74, 6) is -1.98. The van der Waals surface area contributed by atoms with E-state index in [9.17, 15) is 36.7 Å². The molecule has 198 valence electrons. The fourth-order valence-corrected chi connectivity index (χ4v) is 5.15. The van der Waals surface area contributed by atoms with Gasteiger partial charge in [0.15, 0.2) is 15.6 Å². The Kier molecular flexibility index (Phi) is 8.15. The number of hydrogen-bond acceptors (Lipinski definition) is 9. The van der Waals surface area contributed by atoms with Crippen LogP contribution in [0.5, 0.6) is 17.2 Å². The number of nitrogens with zero attached hydrogens (tertiary/aromatic N) is 1. The topological polar surface area (TPSA) is 132 Å². The van der Waals surface area contributed by atoms with Crippen LogP contribution in [0.25, 0.3) is 0 Å². The van der Waals surface area contributed by atoms with Crippen LogP contribution < -0.4 is 9.47 Å². The van der Waals surface area contributed by atoms with Gasteiger partial charge in [-0.1, -0.05) is 0 Å². The lowest BCUT2D eigenvalue weighted by Crippen LogP contribution is -2.50. The summed E-state index contributed by atoms with van der Waals surface area (Å²) in [4.78, 5) is 11.1. The average Bonchev–Trinajstić information content (AvgIpc) is 3.12. The van der Waals surface area contributed by atoms with Gasteiger partial charge in [0.2, 0.25) is 6.41 Å². The van der Waals surface area contributed by atoms with E-state index < -0.39 is 58.3 Å². The van der Waals surface area contributed by atoms with E-state index in [0.717, 1.165) is 12.1 Å². The predicted molar refractivity (Wildman–Crippen MR) is 116 cm³/mol. The van der Waals surface area contributed by atoms with Gasteiger partial charge in [-0.2, -0.15) is 0 Å². The van der Waals surface area contributed by atoms with Crippen LogP contribution >= 0.6 is 0 Å². The lowest BCUT2D eigenvalue weighted by Gasteiger charge is -2.29. The van der Waals surface area contributed by atoms with Crippen LogP contribution in [0.15, 0.2) is 53.4 Å². The molecule has 0 saturated carbocycles. The summed E-state index contributed by atoms with van der Waals surface area (Å²) in [6, 6.07) is 8.33. The highest BCUT2D eigenvalue weighted by molar-refractivity contribution is 7.91. The van der Waals surface area contributed by atoms with Gasteiger partial charge in [-0.05, 0) is 62.4 Å². The Morgan fingerprint density at radius 1 is 1.06 bits per heavy atom. The number of carbonyl (C=O) groups is 1. The SMILES string of the molecule is CC1(C)OC(CO)[C@@H]([C@H](CS(=O)(=O)c2ccc(Oc3ccc(OC(F)(F)F)cc3)cc2)N(O)C=O)O1. The van der Waals surface area contributed by atoms with Gasteiger partial charge in [0.1, 0.15) is 35.5 Å². The van der Waals surface area contributed by atoms with Gasteiger partial charge in [0.25, 0.3) is 0 Å². The Bertz CT molecular complexity index is 1140. The minimum absolute atomic E-state index is 0.0330. The maximum Gasteiger partial charge on any atom is 0.573 e. The van der Waals surface area contributed by atoms with E-state index in [4.69, 9.17) is 14.2 Å². The third-order valence-corrected chi connectivity index (χ3v) is 6.87. The van der Waals surface area contributed by atoms with Gasteiger partial charge in [0.05, 0.1) is 17.3 Å². The first kappa shape index (κ1) is 27.7. The molecule has 2 aromatic rings. The maximum atomic E-state index is 13.0. The number of alkyl halides is 3. The number of aliphatic hydroxyl groups excluding tert-OH is 1. The third-order valence-electron chi connectivity index (χ3n) is 5.09. The molecule has 1 fully saturated rings. The van der Waals surface area contributed by atoms with Crippen molar-refractivity contribution in [1.29, 1.82) is 0 Å². The summed E-state index contributed by atoms with van der Waals surface area (Å²) in [5.41, 5.74) is 0. The summed E-state index contributed by atoms with van der Waals surface area (Å²) in [7, 11) is -4.09. The number of amides is 1. The van der Waals surface area contributed by atoms with Gasteiger partial charge < -0.3 is 24.1 Å². The summed E-state index contributed by atoms with van der Waals surface area (Å²) in [5, 5.41) is 19.8. The Labute approximate surface area is 204 Å². The molecule has 14 heteroatoms. The van der Waals surface area contributed by atoms with Crippen LogP contribution in [0.4, 0.5) is 13.2 Å². The molecule has 1 unspecified atom stereocenters. The van der Waals surface area contributed by atoms with Gasteiger partial charge in [-0.3, -0.25) is 10.0 Å². The number of halogens is 3. The first-order valence-corrected chi connectivity index (χ1v) is 12.1. The van der Waals surface area contributed by atoms with E-state index in [-0.39, 0.29) is 27.9 Å². The van der Waals surface area contributed by atoms with Crippen LogP contribution in [-0.2, 0) is 24.1 Å². The Morgan fingerprint density at radius 3 is 2.08 bits per heavy atom. The number of hydrogen-bond donors (Lipinski definition) is 2. The smallest absolute Gasteiger partial charge is 0.457 e. The van der Waals surface area contributed by atoms with Gasteiger partial charge in [0, 0.05) is 0 Å². The number of sulfone groups is 1. The standard InChI is InChI=1S/C22H24F3NO9S/c1-21(2)34-19(11-27)20(35-21)18(26(29)13-28)12-36(30,31)17-9-7-15(8-10-17)32-14-3-5-16(6-4-14)33-22(23,24)25/h3-10,13,18-20,27,29H,11-12H2,1-2H3/t18-,19?,20+/m0/s1. The zero-order valence-electron chi connectivity index (χ0n) is 19.1. The number of benzene rings is 2. The highest BCUT2D eigenvalue weighted by Crippen LogP contribution is 2.33. The molecule has 0 bridgehead atoms. The molecule has 2 N–H and O–H groups in total. The minimum Gasteiger partial charge on any atom is -0.457 e. The second-order valence-corrected chi connectivity index (χ2v) is 10.3. The number of rotatable bonds is 10. The van der Waals surface area contributed by atoms with Crippen molar-refractivity contribution in [3.05, 3.63) is 48.5 Å². The van der Waals surface area contributed by atoms with E-state index in [1.54, 1.807) is 13.8 Å². The lowest BCUT2D eigenvalue weighted by atomic mass is 10.1. The minimum atomic E-state index is -4.83. The molecule has 36 heavy (non-hydrogen) atoms. The summed E-state index contributed by atoms with van der Waals surface area (Å²) in [6.45, 7) is 2.55. The third kappa shape index (κ3) is 7.07. The van der Waals surface area contributed by atoms with E-state index in [2.05, 4.69) is 4.74 Å². The first-order valence-electron chi connectivity index (χ1n) is 10.5. The maximum absolute atomic E-state index is 13.0. The second-order valence-electron chi connectivity index (χ2n) is 8.25. The number of hydroxylamine groups is 2. The second kappa shape index (κ2) is 10.6. The van der Waals surface area contributed by atoms with Crippen LogP contribution in [0, 0.1) is 0 Å². The zero-order chi connectivity index (χ0) is 26.7. The molecule has 1 amide bonds. The van der Waals surface area contributed by atoms with Crippen molar-refractivity contribution < 1.29 is 55.6 Å². The van der Waals surface area contributed by atoms with Crippen molar-refractivity contribution in [3.63, 3.8) is 0 Å². The molecule has 3 rings (SSSR count). The van der Waals surface area contributed by atoms with Crippen LogP contribution in [0.3, 0.4) is 0 Å². The van der Waals surface area contributed by atoms with Crippen molar-refractivity contribution >= 4 is 16.2 Å². The largest absolute Gasteiger partial charge is 0.573 e. The molecule has 0 radical (unpaired) electrons. The molecule has 0 spiro atoms. The molecule has 1 aliphatic rings. The normalized spacial score (nSPS) is 20.5. The fourth-order valence-electron chi connectivity index (χ4n) is 3.61. The lowest BCUT2D eigenvalue weighted by molar-refractivity contribution is -0.274. The van der Waals surface area contributed by atoms with Gasteiger partial charge in [-0.25, -0.2) is 13.5 Å². The highest BCUT2D eigenvalue weighted by atomic mass is 32.2. The molecule has 1 aliphatic heterocycles. The van der Waals surface area contributed by atoms with Crippen molar-refractivity contribution in [2.75, 3.05) is 12.4 Å². The first-order chi connectivity index (χ1) is 16.7.